The molecule has 0 radical (unpaired) electrons. The van der Waals surface area contributed by atoms with Gasteiger partial charge in [-0.2, -0.15) is 5.10 Å². The average Bonchev–Trinajstić information content (AvgIpc) is 3.46. The summed E-state index contributed by atoms with van der Waals surface area (Å²) in [6, 6.07) is 20.6. The number of carbonyl (C=O) groups excluding carboxylic acids is 1. The quantitative estimate of drug-likeness (QED) is 0.375. The van der Waals surface area contributed by atoms with Gasteiger partial charge in [0, 0.05) is 32.2 Å². The zero-order chi connectivity index (χ0) is 22.9. The Morgan fingerprint density at radius 1 is 0.879 bits per heavy atom. The Hall–Kier alpha value is -3.22. The van der Waals surface area contributed by atoms with Gasteiger partial charge in [0.05, 0.1) is 21.4 Å². The van der Waals surface area contributed by atoms with Crippen LogP contribution in [0.5, 0.6) is 0 Å². The third-order valence-electron chi connectivity index (χ3n) is 5.76. The Morgan fingerprint density at radius 3 is 2.12 bits per heavy atom. The number of carbonyl (C=O) groups is 1. The number of benzene rings is 2. The number of aryl methyl sites for hydroxylation is 1. The van der Waals surface area contributed by atoms with Crippen molar-refractivity contribution >= 4 is 34.8 Å². The molecular formula is C25H22Cl2N4O2. The van der Waals surface area contributed by atoms with Crippen LogP contribution in [0.15, 0.2) is 71.1 Å². The summed E-state index contributed by atoms with van der Waals surface area (Å²) in [7, 11) is 0. The van der Waals surface area contributed by atoms with Crippen molar-refractivity contribution in [3.05, 3.63) is 88.2 Å². The Kier molecular flexibility index (Phi) is 5.87. The van der Waals surface area contributed by atoms with Crippen molar-refractivity contribution in [2.45, 2.75) is 6.92 Å². The van der Waals surface area contributed by atoms with E-state index in [1.807, 2.05) is 66.4 Å². The zero-order valence-electron chi connectivity index (χ0n) is 18.0. The molecule has 1 aliphatic heterocycles. The van der Waals surface area contributed by atoms with Crippen molar-refractivity contribution in [1.29, 1.82) is 0 Å². The summed E-state index contributed by atoms with van der Waals surface area (Å²) in [5.74, 6) is 1.28. The molecule has 0 aliphatic carbocycles. The molecule has 0 atom stereocenters. The SMILES string of the molecule is Cc1ccc(-c2cc(C(=O)N3CCN(c4ccccc4Cl)CC3)n(-c3ccccc3Cl)n2)o1. The Bertz CT molecular complexity index is 1310. The Labute approximate surface area is 201 Å². The number of para-hydroxylation sites is 2. The van der Waals surface area contributed by atoms with Crippen LogP contribution in [-0.2, 0) is 0 Å². The minimum absolute atomic E-state index is 0.101. The van der Waals surface area contributed by atoms with Crippen molar-refractivity contribution in [2.75, 3.05) is 31.1 Å². The van der Waals surface area contributed by atoms with E-state index in [9.17, 15) is 4.79 Å². The molecule has 0 spiro atoms. The summed E-state index contributed by atoms with van der Waals surface area (Å²) in [4.78, 5) is 17.7. The van der Waals surface area contributed by atoms with Crippen molar-refractivity contribution in [1.82, 2.24) is 14.7 Å². The zero-order valence-corrected chi connectivity index (χ0v) is 19.6. The molecule has 1 amide bonds. The molecule has 8 heteroatoms. The highest BCUT2D eigenvalue weighted by molar-refractivity contribution is 6.33. The first-order valence-corrected chi connectivity index (χ1v) is 11.5. The molecule has 33 heavy (non-hydrogen) atoms. The molecule has 1 saturated heterocycles. The maximum absolute atomic E-state index is 13.6. The van der Waals surface area contributed by atoms with E-state index in [1.165, 1.54) is 0 Å². The highest BCUT2D eigenvalue weighted by atomic mass is 35.5. The van der Waals surface area contributed by atoms with Gasteiger partial charge in [-0.05, 0) is 43.3 Å². The van der Waals surface area contributed by atoms with Gasteiger partial charge in [0.1, 0.15) is 17.1 Å². The van der Waals surface area contributed by atoms with Gasteiger partial charge in [-0.25, -0.2) is 4.68 Å². The number of hydrogen-bond donors (Lipinski definition) is 0. The fourth-order valence-corrected chi connectivity index (χ4v) is 4.52. The fourth-order valence-electron chi connectivity index (χ4n) is 4.05. The summed E-state index contributed by atoms with van der Waals surface area (Å²) in [5, 5.41) is 5.91. The fraction of sp³-hybridized carbons (Fsp3) is 0.200. The molecule has 1 fully saturated rings. The number of piperazine rings is 1. The maximum Gasteiger partial charge on any atom is 0.272 e. The minimum atomic E-state index is -0.101. The predicted octanol–water partition coefficient (Wildman–Crippen LogP) is 5.71. The van der Waals surface area contributed by atoms with E-state index in [1.54, 1.807) is 16.8 Å². The standard InChI is InChI=1S/C25H22Cl2N4O2/c1-17-10-11-24(33-17)20-16-23(31(28-20)22-9-5-3-7-19(22)27)25(32)30-14-12-29(13-15-30)21-8-4-2-6-18(21)26/h2-11,16H,12-15H2,1H3. The van der Waals surface area contributed by atoms with E-state index in [0.29, 0.717) is 59.1 Å². The smallest absolute Gasteiger partial charge is 0.272 e. The number of hydrogen-bond acceptors (Lipinski definition) is 4. The molecule has 3 heterocycles. The average molecular weight is 481 g/mol. The maximum atomic E-state index is 13.6. The van der Waals surface area contributed by atoms with Crippen LogP contribution in [-0.4, -0.2) is 46.8 Å². The van der Waals surface area contributed by atoms with Gasteiger partial charge in [-0.1, -0.05) is 47.5 Å². The Morgan fingerprint density at radius 2 is 1.52 bits per heavy atom. The van der Waals surface area contributed by atoms with Crippen LogP contribution < -0.4 is 4.90 Å². The summed E-state index contributed by atoms with van der Waals surface area (Å²) >= 11 is 12.8. The molecule has 1 aliphatic rings. The second kappa shape index (κ2) is 8.96. The van der Waals surface area contributed by atoms with Gasteiger partial charge in [-0.3, -0.25) is 4.79 Å². The summed E-state index contributed by atoms with van der Waals surface area (Å²) in [6.45, 7) is 4.42. The lowest BCUT2D eigenvalue weighted by molar-refractivity contribution is 0.0737. The second-order valence-corrected chi connectivity index (χ2v) is 8.73. The largest absolute Gasteiger partial charge is 0.460 e. The molecule has 168 valence electrons. The summed E-state index contributed by atoms with van der Waals surface area (Å²) in [6.07, 6.45) is 0. The van der Waals surface area contributed by atoms with E-state index in [2.05, 4.69) is 10.00 Å². The van der Waals surface area contributed by atoms with Crippen LogP contribution in [0.4, 0.5) is 5.69 Å². The van der Waals surface area contributed by atoms with Crippen LogP contribution in [0.25, 0.3) is 17.1 Å². The van der Waals surface area contributed by atoms with Gasteiger partial charge < -0.3 is 14.2 Å². The first-order chi connectivity index (χ1) is 16.0. The van der Waals surface area contributed by atoms with Gasteiger partial charge in [0.15, 0.2) is 5.76 Å². The van der Waals surface area contributed by atoms with Crippen LogP contribution >= 0.6 is 23.2 Å². The molecule has 2 aromatic carbocycles. The number of anilines is 1. The van der Waals surface area contributed by atoms with E-state index in [4.69, 9.17) is 27.6 Å². The molecule has 4 aromatic rings. The van der Waals surface area contributed by atoms with Crippen LogP contribution in [0.3, 0.4) is 0 Å². The molecule has 2 aromatic heterocycles. The lowest BCUT2D eigenvalue weighted by Crippen LogP contribution is -2.49. The Balaban J connectivity index is 1.44. The van der Waals surface area contributed by atoms with Crippen molar-refractivity contribution in [3.63, 3.8) is 0 Å². The van der Waals surface area contributed by atoms with E-state index < -0.39 is 0 Å². The van der Waals surface area contributed by atoms with Crippen molar-refractivity contribution < 1.29 is 9.21 Å². The number of halogens is 2. The van der Waals surface area contributed by atoms with Crippen LogP contribution in [0, 0.1) is 6.92 Å². The molecule has 5 rings (SSSR count). The predicted molar refractivity (Wildman–Crippen MR) is 131 cm³/mol. The molecule has 0 N–H and O–H groups in total. The van der Waals surface area contributed by atoms with Gasteiger partial charge in [0.25, 0.3) is 5.91 Å². The topological polar surface area (TPSA) is 54.5 Å². The van der Waals surface area contributed by atoms with Crippen molar-refractivity contribution in [2.24, 2.45) is 0 Å². The molecule has 0 unspecified atom stereocenters. The monoisotopic (exact) mass is 480 g/mol. The van der Waals surface area contributed by atoms with E-state index >= 15 is 0 Å². The van der Waals surface area contributed by atoms with Crippen LogP contribution in [0.1, 0.15) is 16.2 Å². The number of amides is 1. The third-order valence-corrected chi connectivity index (χ3v) is 6.40. The van der Waals surface area contributed by atoms with Gasteiger partial charge in [-0.15, -0.1) is 0 Å². The molecule has 0 bridgehead atoms. The first-order valence-electron chi connectivity index (χ1n) is 10.7. The van der Waals surface area contributed by atoms with Gasteiger partial charge >= 0.3 is 0 Å². The molecule has 6 nitrogen and oxygen atoms in total. The number of aromatic nitrogens is 2. The highest BCUT2D eigenvalue weighted by Crippen LogP contribution is 2.29. The first kappa shape index (κ1) is 21.6. The number of nitrogens with zero attached hydrogens (tertiary/aromatic N) is 4. The third kappa shape index (κ3) is 4.24. The molecular weight excluding hydrogens is 459 g/mol. The van der Waals surface area contributed by atoms with Crippen LogP contribution in [0.2, 0.25) is 10.0 Å². The lowest BCUT2D eigenvalue weighted by atomic mass is 10.2. The second-order valence-electron chi connectivity index (χ2n) is 7.92. The van der Waals surface area contributed by atoms with Gasteiger partial charge in [0.2, 0.25) is 0 Å². The van der Waals surface area contributed by atoms with E-state index in [0.717, 1.165) is 11.4 Å². The number of rotatable bonds is 4. The summed E-state index contributed by atoms with van der Waals surface area (Å²) in [5.41, 5.74) is 2.66. The molecule has 0 saturated carbocycles. The normalized spacial score (nSPS) is 14.0. The summed E-state index contributed by atoms with van der Waals surface area (Å²) < 4.78 is 7.36. The number of furan rings is 1. The highest BCUT2D eigenvalue weighted by Gasteiger charge is 2.28. The minimum Gasteiger partial charge on any atom is -0.460 e. The van der Waals surface area contributed by atoms with Crippen molar-refractivity contribution in [3.8, 4) is 17.1 Å². The van der Waals surface area contributed by atoms with E-state index in [-0.39, 0.29) is 5.91 Å². The lowest BCUT2D eigenvalue weighted by Gasteiger charge is -2.36.